The number of rotatable bonds is 2. The van der Waals surface area contributed by atoms with Crippen LogP contribution >= 0.6 is 15.9 Å². The molecule has 4 nitrogen and oxygen atoms in total. The molecule has 0 radical (unpaired) electrons. The fourth-order valence-corrected chi connectivity index (χ4v) is 2.02. The first-order valence-corrected chi connectivity index (χ1v) is 6.42. The molecule has 0 bridgehead atoms. The second-order valence-electron chi connectivity index (χ2n) is 3.96. The van der Waals surface area contributed by atoms with Gasteiger partial charge in [-0.25, -0.2) is 4.98 Å². The van der Waals surface area contributed by atoms with Gasteiger partial charge in [0.1, 0.15) is 17.7 Å². The van der Waals surface area contributed by atoms with Crippen molar-refractivity contribution >= 4 is 38.6 Å². The van der Waals surface area contributed by atoms with Crippen molar-refractivity contribution in [2.24, 2.45) is 0 Å². The molecule has 0 aliphatic rings. The first-order chi connectivity index (χ1) is 9.24. The van der Waals surface area contributed by atoms with Crippen LogP contribution in [0.15, 0.2) is 57.7 Å². The van der Waals surface area contributed by atoms with Crippen molar-refractivity contribution in [3.8, 4) is 0 Å². The fourth-order valence-electron chi connectivity index (χ4n) is 1.79. The Morgan fingerprint density at radius 2 is 2.05 bits per heavy atom. The van der Waals surface area contributed by atoms with Crippen LogP contribution in [0.3, 0.4) is 0 Å². The van der Waals surface area contributed by atoms with Gasteiger partial charge in [-0.3, -0.25) is 4.79 Å². The van der Waals surface area contributed by atoms with Crippen LogP contribution in [0.5, 0.6) is 0 Å². The Kier molecular flexibility index (Phi) is 3.05. The first-order valence-electron chi connectivity index (χ1n) is 5.63. The Morgan fingerprint density at radius 1 is 1.21 bits per heavy atom. The van der Waals surface area contributed by atoms with Gasteiger partial charge >= 0.3 is 0 Å². The number of furan rings is 1. The number of hydrogen-bond acceptors (Lipinski definition) is 3. The van der Waals surface area contributed by atoms with Crippen molar-refractivity contribution < 1.29 is 9.21 Å². The summed E-state index contributed by atoms with van der Waals surface area (Å²) in [6.07, 6.45) is 3.09. The van der Waals surface area contributed by atoms with Crippen LogP contribution in [0, 0.1) is 0 Å². The molecule has 0 saturated carbocycles. The number of hydrogen-bond donors (Lipinski definition) is 1. The number of carbonyl (C=O) groups is 1. The number of para-hydroxylation sites is 1. The third-order valence-corrected chi connectivity index (χ3v) is 3.16. The molecule has 0 aliphatic carbocycles. The van der Waals surface area contributed by atoms with Gasteiger partial charge in [0.25, 0.3) is 5.91 Å². The van der Waals surface area contributed by atoms with E-state index < -0.39 is 0 Å². The molecule has 3 rings (SSSR count). The lowest BCUT2D eigenvalue weighted by Gasteiger charge is -2.02. The van der Waals surface area contributed by atoms with Gasteiger partial charge < -0.3 is 9.73 Å². The molecule has 2 aromatic heterocycles. The predicted octanol–water partition coefficient (Wildman–Crippen LogP) is 3.84. The van der Waals surface area contributed by atoms with Crippen molar-refractivity contribution in [2.75, 3.05) is 5.32 Å². The Hall–Kier alpha value is -2.14. The van der Waals surface area contributed by atoms with E-state index in [1.54, 1.807) is 12.3 Å². The average molecular weight is 317 g/mol. The van der Waals surface area contributed by atoms with Crippen LogP contribution in [-0.2, 0) is 0 Å². The topological polar surface area (TPSA) is 55.1 Å². The van der Waals surface area contributed by atoms with Gasteiger partial charge in [-0.15, -0.1) is 0 Å². The fraction of sp³-hybridized carbons (Fsp3) is 0. The van der Waals surface area contributed by atoms with Crippen molar-refractivity contribution in [1.82, 2.24) is 4.98 Å². The lowest BCUT2D eigenvalue weighted by molar-refractivity contribution is 0.102. The van der Waals surface area contributed by atoms with Crippen LogP contribution in [0.4, 0.5) is 5.82 Å². The number of anilines is 1. The Morgan fingerprint density at radius 3 is 2.84 bits per heavy atom. The second-order valence-corrected chi connectivity index (χ2v) is 4.88. The molecule has 0 saturated heterocycles. The number of fused-ring (bicyclic) bond motifs is 1. The maximum Gasteiger partial charge on any atom is 0.260 e. The number of amides is 1. The zero-order chi connectivity index (χ0) is 13.2. The van der Waals surface area contributed by atoms with Crippen LogP contribution in [-0.4, -0.2) is 10.9 Å². The van der Waals surface area contributed by atoms with E-state index in [-0.39, 0.29) is 5.91 Å². The van der Waals surface area contributed by atoms with E-state index in [4.69, 9.17) is 4.42 Å². The highest BCUT2D eigenvalue weighted by Crippen LogP contribution is 2.21. The van der Waals surface area contributed by atoms with E-state index in [2.05, 4.69) is 26.2 Å². The summed E-state index contributed by atoms with van der Waals surface area (Å²) in [5.41, 5.74) is 1.19. The SMILES string of the molecule is O=C(Nc1ccc(Br)cn1)c1coc2ccccc12. The molecule has 1 N–H and O–H groups in total. The molecular weight excluding hydrogens is 308 g/mol. The number of halogens is 1. The number of nitrogens with zero attached hydrogens (tertiary/aromatic N) is 1. The molecule has 1 aromatic carbocycles. The number of pyridine rings is 1. The third-order valence-electron chi connectivity index (χ3n) is 2.69. The van der Waals surface area contributed by atoms with Crippen molar-refractivity contribution in [3.63, 3.8) is 0 Å². The predicted molar refractivity (Wildman–Crippen MR) is 76.1 cm³/mol. The smallest absolute Gasteiger partial charge is 0.260 e. The molecule has 94 valence electrons. The standard InChI is InChI=1S/C14H9BrN2O2/c15-9-5-6-13(16-7-9)17-14(18)11-8-19-12-4-2-1-3-10(11)12/h1-8H,(H,16,17,18). The van der Waals surface area contributed by atoms with Gasteiger partial charge in [-0.1, -0.05) is 18.2 Å². The summed E-state index contributed by atoms with van der Waals surface area (Å²) in [5, 5.41) is 3.52. The van der Waals surface area contributed by atoms with E-state index in [0.717, 1.165) is 9.86 Å². The monoisotopic (exact) mass is 316 g/mol. The summed E-state index contributed by atoms with van der Waals surface area (Å²) < 4.78 is 6.20. The van der Waals surface area contributed by atoms with Gasteiger partial charge in [-0.05, 0) is 34.1 Å². The zero-order valence-corrected chi connectivity index (χ0v) is 11.3. The molecule has 0 aliphatic heterocycles. The zero-order valence-electron chi connectivity index (χ0n) is 9.76. The van der Waals surface area contributed by atoms with Gasteiger partial charge in [-0.2, -0.15) is 0 Å². The highest BCUT2D eigenvalue weighted by atomic mass is 79.9. The number of carbonyl (C=O) groups excluding carboxylic acids is 1. The second kappa shape index (κ2) is 4.85. The molecule has 19 heavy (non-hydrogen) atoms. The van der Waals surface area contributed by atoms with Crippen LogP contribution in [0.25, 0.3) is 11.0 Å². The molecule has 0 atom stereocenters. The Balaban J connectivity index is 1.90. The lowest BCUT2D eigenvalue weighted by Crippen LogP contribution is -2.12. The molecule has 1 amide bonds. The van der Waals surface area contributed by atoms with Crippen molar-refractivity contribution in [2.45, 2.75) is 0 Å². The quantitative estimate of drug-likeness (QED) is 0.781. The molecule has 2 heterocycles. The van der Waals surface area contributed by atoms with Crippen molar-refractivity contribution in [3.05, 3.63) is 58.9 Å². The average Bonchev–Trinajstić information content (AvgIpc) is 2.85. The van der Waals surface area contributed by atoms with E-state index in [9.17, 15) is 4.79 Å². The van der Waals surface area contributed by atoms with E-state index in [1.807, 2.05) is 30.3 Å². The molecule has 0 spiro atoms. The van der Waals surface area contributed by atoms with E-state index in [1.165, 1.54) is 6.26 Å². The minimum atomic E-state index is -0.236. The largest absolute Gasteiger partial charge is 0.463 e. The molecule has 0 fully saturated rings. The Bertz CT molecular complexity index is 735. The molecular formula is C14H9BrN2O2. The van der Waals surface area contributed by atoms with E-state index >= 15 is 0 Å². The van der Waals surface area contributed by atoms with Gasteiger partial charge in [0.05, 0.1) is 5.56 Å². The summed E-state index contributed by atoms with van der Waals surface area (Å²) in [4.78, 5) is 16.3. The minimum Gasteiger partial charge on any atom is -0.463 e. The number of benzene rings is 1. The highest BCUT2D eigenvalue weighted by Gasteiger charge is 2.13. The van der Waals surface area contributed by atoms with Crippen LogP contribution in [0.1, 0.15) is 10.4 Å². The summed E-state index contributed by atoms with van der Waals surface area (Å²) >= 11 is 3.29. The van der Waals surface area contributed by atoms with Crippen LogP contribution in [0.2, 0.25) is 0 Å². The molecule has 5 heteroatoms. The highest BCUT2D eigenvalue weighted by molar-refractivity contribution is 9.10. The van der Waals surface area contributed by atoms with Gasteiger partial charge in [0, 0.05) is 16.1 Å². The normalized spacial score (nSPS) is 10.6. The molecule has 3 aromatic rings. The summed E-state index contributed by atoms with van der Waals surface area (Å²) in [7, 11) is 0. The first kappa shape index (κ1) is 11.9. The number of aromatic nitrogens is 1. The van der Waals surface area contributed by atoms with E-state index in [0.29, 0.717) is 17.0 Å². The van der Waals surface area contributed by atoms with Crippen molar-refractivity contribution in [1.29, 1.82) is 0 Å². The van der Waals surface area contributed by atoms with Gasteiger partial charge in [0.15, 0.2) is 0 Å². The maximum atomic E-state index is 12.2. The maximum absolute atomic E-state index is 12.2. The van der Waals surface area contributed by atoms with Gasteiger partial charge in [0.2, 0.25) is 0 Å². The third kappa shape index (κ3) is 2.37. The summed E-state index contributed by atoms with van der Waals surface area (Å²) in [6, 6.07) is 10.9. The minimum absolute atomic E-state index is 0.236. The summed E-state index contributed by atoms with van der Waals surface area (Å²) in [5.74, 6) is 0.262. The lowest BCUT2D eigenvalue weighted by atomic mass is 10.1. The Labute approximate surface area is 117 Å². The number of nitrogens with one attached hydrogen (secondary N) is 1. The van der Waals surface area contributed by atoms with Crippen LogP contribution < -0.4 is 5.32 Å². The molecule has 0 unspecified atom stereocenters. The summed E-state index contributed by atoms with van der Waals surface area (Å²) in [6.45, 7) is 0.